The molecule has 0 aliphatic heterocycles. The van der Waals surface area contributed by atoms with Gasteiger partial charge in [-0.3, -0.25) is 5.43 Å². The Hall–Kier alpha value is -2.15. The fraction of sp³-hybridized carbons (Fsp3) is 0.400. The van der Waals surface area contributed by atoms with Crippen molar-refractivity contribution in [2.45, 2.75) is 20.3 Å². The molecule has 0 amide bonds. The summed E-state index contributed by atoms with van der Waals surface area (Å²) in [4.78, 5) is 10.5. The maximum absolute atomic E-state index is 10.5. The Morgan fingerprint density at radius 1 is 1.45 bits per heavy atom. The van der Waals surface area contributed by atoms with E-state index in [9.17, 15) is 4.79 Å². The number of carboxylic acid groups (broad SMARTS) is 1. The highest BCUT2D eigenvalue weighted by molar-refractivity contribution is 7.80. The van der Waals surface area contributed by atoms with E-state index >= 15 is 0 Å². The van der Waals surface area contributed by atoms with Gasteiger partial charge in [-0.05, 0) is 36.7 Å². The van der Waals surface area contributed by atoms with Crippen LogP contribution in [0.25, 0.3) is 0 Å². The largest absolute Gasteiger partial charge is 0.481 e. The van der Waals surface area contributed by atoms with Crippen LogP contribution >= 0.6 is 12.2 Å². The van der Waals surface area contributed by atoms with Crippen molar-refractivity contribution in [3.8, 4) is 5.75 Å². The maximum Gasteiger partial charge on any atom is 0.341 e. The first-order chi connectivity index (χ1) is 10.5. The van der Waals surface area contributed by atoms with E-state index in [4.69, 9.17) is 22.1 Å². The number of hydrazone groups is 1. The monoisotopic (exact) mass is 323 g/mol. The predicted octanol–water partition coefficient (Wildman–Crippen LogP) is 1.99. The van der Waals surface area contributed by atoms with Crippen molar-refractivity contribution in [3.63, 3.8) is 0 Å². The van der Waals surface area contributed by atoms with Gasteiger partial charge in [-0.25, -0.2) is 4.79 Å². The molecule has 6 nitrogen and oxygen atoms in total. The van der Waals surface area contributed by atoms with Gasteiger partial charge in [0.25, 0.3) is 0 Å². The molecule has 0 saturated heterocycles. The second-order valence-corrected chi connectivity index (χ2v) is 5.44. The molecule has 0 atom stereocenters. The molecule has 1 rings (SSSR count). The van der Waals surface area contributed by atoms with E-state index in [1.165, 1.54) is 6.21 Å². The minimum absolute atomic E-state index is 0.395. The molecule has 0 heterocycles. The number of hydrogen-bond donors (Lipinski definition) is 3. The van der Waals surface area contributed by atoms with Crippen LogP contribution in [0, 0.1) is 5.92 Å². The topological polar surface area (TPSA) is 83.0 Å². The number of aliphatic carboxylic acids is 1. The van der Waals surface area contributed by atoms with Crippen LogP contribution in [-0.4, -0.2) is 35.6 Å². The fourth-order valence-corrected chi connectivity index (χ4v) is 1.69. The zero-order valence-electron chi connectivity index (χ0n) is 12.7. The highest BCUT2D eigenvalue weighted by Crippen LogP contribution is 2.15. The number of carboxylic acids is 1. The van der Waals surface area contributed by atoms with Gasteiger partial charge in [0.05, 0.1) is 6.21 Å². The van der Waals surface area contributed by atoms with E-state index in [0.29, 0.717) is 22.3 Å². The number of rotatable bonds is 8. The van der Waals surface area contributed by atoms with E-state index in [2.05, 4.69) is 29.7 Å². The van der Waals surface area contributed by atoms with Crippen LogP contribution in [0.1, 0.15) is 25.8 Å². The third kappa shape index (κ3) is 7.58. The van der Waals surface area contributed by atoms with Crippen LogP contribution in [0.4, 0.5) is 0 Å². The molecule has 0 unspecified atom stereocenters. The molecule has 0 radical (unpaired) electrons. The third-order valence-electron chi connectivity index (χ3n) is 2.65. The van der Waals surface area contributed by atoms with E-state index in [1.807, 2.05) is 6.07 Å². The summed E-state index contributed by atoms with van der Waals surface area (Å²) < 4.78 is 5.18. The first kappa shape index (κ1) is 17.9. The number of thiocarbonyl (C=S) groups is 1. The lowest BCUT2D eigenvalue weighted by molar-refractivity contribution is -0.139. The van der Waals surface area contributed by atoms with Gasteiger partial charge in [0, 0.05) is 12.1 Å². The van der Waals surface area contributed by atoms with E-state index < -0.39 is 12.6 Å². The standard InChI is InChI=1S/C15H21N3O3S/c1-11(2)7-8-16-15(22)18-17-9-12-5-3-4-6-13(12)21-10-14(19)20/h3-6,9,11H,7-8,10H2,1-2H3,(H,19,20)(H2,16,18,22)/b17-9-. The molecule has 3 N–H and O–H groups in total. The summed E-state index contributed by atoms with van der Waals surface area (Å²) in [5.41, 5.74) is 3.38. The smallest absolute Gasteiger partial charge is 0.341 e. The molecule has 1 aromatic carbocycles. The van der Waals surface area contributed by atoms with Crippen molar-refractivity contribution < 1.29 is 14.6 Å². The molecular formula is C15H21N3O3S. The second-order valence-electron chi connectivity index (χ2n) is 5.03. The molecule has 0 saturated carbocycles. The Bertz CT molecular complexity index is 533. The molecular weight excluding hydrogens is 302 g/mol. The van der Waals surface area contributed by atoms with E-state index in [1.54, 1.807) is 18.2 Å². The van der Waals surface area contributed by atoms with Gasteiger partial charge in [0.2, 0.25) is 0 Å². The average Bonchev–Trinajstić information content (AvgIpc) is 2.45. The summed E-state index contributed by atoms with van der Waals surface area (Å²) in [5.74, 6) is 0.0339. The average molecular weight is 323 g/mol. The molecule has 0 spiro atoms. The number of para-hydroxylation sites is 1. The first-order valence-electron chi connectivity index (χ1n) is 6.99. The zero-order chi connectivity index (χ0) is 16.4. The Morgan fingerprint density at radius 3 is 2.86 bits per heavy atom. The molecule has 7 heteroatoms. The Morgan fingerprint density at radius 2 is 2.18 bits per heavy atom. The van der Waals surface area contributed by atoms with Crippen molar-refractivity contribution in [1.29, 1.82) is 0 Å². The molecule has 0 aromatic heterocycles. The summed E-state index contributed by atoms with van der Waals surface area (Å²) in [6, 6.07) is 7.04. The summed E-state index contributed by atoms with van der Waals surface area (Å²) in [6.45, 7) is 4.68. The SMILES string of the molecule is CC(C)CCNC(=S)N/N=C\c1ccccc1OCC(=O)O. The Kier molecular flexibility index (Phi) is 7.91. The zero-order valence-corrected chi connectivity index (χ0v) is 13.5. The second kappa shape index (κ2) is 9.73. The van der Waals surface area contributed by atoms with Crippen molar-refractivity contribution in [2.75, 3.05) is 13.2 Å². The van der Waals surface area contributed by atoms with Gasteiger partial charge in [0.1, 0.15) is 5.75 Å². The van der Waals surface area contributed by atoms with Gasteiger partial charge in [0.15, 0.2) is 11.7 Å². The minimum Gasteiger partial charge on any atom is -0.481 e. The highest BCUT2D eigenvalue weighted by Gasteiger charge is 2.03. The lowest BCUT2D eigenvalue weighted by atomic mass is 10.1. The summed E-state index contributed by atoms with van der Waals surface area (Å²) in [5, 5.41) is 16.2. The number of nitrogens with zero attached hydrogens (tertiary/aromatic N) is 1. The van der Waals surface area contributed by atoms with Crippen LogP contribution < -0.4 is 15.5 Å². The predicted molar refractivity (Wildman–Crippen MR) is 90.4 cm³/mol. The van der Waals surface area contributed by atoms with E-state index in [-0.39, 0.29) is 0 Å². The third-order valence-corrected chi connectivity index (χ3v) is 2.88. The van der Waals surface area contributed by atoms with Crippen LogP contribution in [0.3, 0.4) is 0 Å². The molecule has 0 aliphatic carbocycles. The Labute approximate surface area is 135 Å². The maximum atomic E-state index is 10.5. The van der Waals surface area contributed by atoms with Crippen LogP contribution in [0.2, 0.25) is 0 Å². The quantitative estimate of drug-likeness (QED) is 0.385. The number of hydrogen-bond acceptors (Lipinski definition) is 4. The molecule has 22 heavy (non-hydrogen) atoms. The fourth-order valence-electron chi connectivity index (χ4n) is 1.53. The molecule has 0 bridgehead atoms. The molecule has 0 fully saturated rings. The van der Waals surface area contributed by atoms with Gasteiger partial charge in [-0.1, -0.05) is 26.0 Å². The lowest BCUT2D eigenvalue weighted by Crippen LogP contribution is -2.33. The van der Waals surface area contributed by atoms with Crippen LogP contribution in [-0.2, 0) is 4.79 Å². The number of benzene rings is 1. The van der Waals surface area contributed by atoms with Crippen molar-refractivity contribution in [2.24, 2.45) is 11.0 Å². The van der Waals surface area contributed by atoms with Crippen LogP contribution in [0.15, 0.2) is 29.4 Å². The van der Waals surface area contributed by atoms with Crippen molar-refractivity contribution >= 4 is 29.5 Å². The Balaban J connectivity index is 2.48. The van der Waals surface area contributed by atoms with Gasteiger partial charge in [-0.2, -0.15) is 5.10 Å². The van der Waals surface area contributed by atoms with Gasteiger partial charge >= 0.3 is 5.97 Å². The molecule has 120 valence electrons. The summed E-state index contributed by atoms with van der Waals surface area (Å²) in [6.07, 6.45) is 2.56. The normalized spacial score (nSPS) is 10.7. The summed E-state index contributed by atoms with van der Waals surface area (Å²) in [7, 11) is 0. The summed E-state index contributed by atoms with van der Waals surface area (Å²) >= 11 is 5.09. The van der Waals surface area contributed by atoms with Crippen molar-refractivity contribution in [3.05, 3.63) is 29.8 Å². The highest BCUT2D eigenvalue weighted by atomic mass is 32.1. The molecule has 0 aliphatic rings. The minimum atomic E-state index is -1.03. The lowest BCUT2D eigenvalue weighted by Gasteiger charge is -2.09. The van der Waals surface area contributed by atoms with E-state index in [0.717, 1.165) is 13.0 Å². The first-order valence-corrected chi connectivity index (χ1v) is 7.40. The van der Waals surface area contributed by atoms with Crippen molar-refractivity contribution in [1.82, 2.24) is 10.7 Å². The molecule has 1 aromatic rings. The number of nitrogens with one attached hydrogen (secondary N) is 2. The number of carbonyl (C=O) groups is 1. The van der Waals surface area contributed by atoms with Gasteiger partial charge < -0.3 is 15.2 Å². The van der Waals surface area contributed by atoms with Gasteiger partial charge in [-0.15, -0.1) is 0 Å². The number of ether oxygens (including phenoxy) is 1. The van der Waals surface area contributed by atoms with Crippen LogP contribution in [0.5, 0.6) is 5.75 Å².